The first-order valence-corrected chi connectivity index (χ1v) is 24.9. The number of hydrogen-bond acceptors (Lipinski definition) is 4. The smallest absolute Gasteiger partial charge is 0.456 e. The molecule has 3 atom stereocenters. The Labute approximate surface area is 410 Å². The Balaban J connectivity index is 0.980. The fourth-order valence-corrected chi connectivity index (χ4v) is 13.3. The van der Waals surface area contributed by atoms with Gasteiger partial charge in [-0.1, -0.05) is 153 Å². The maximum Gasteiger partial charge on any atom is 0.494 e. The summed E-state index contributed by atoms with van der Waals surface area (Å²) in [6, 6.07) is 60.3. The van der Waals surface area contributed by atoms with Gasteiger partial charge in [-0.05, 0) is 150 Å². The number of nitrogens with zero attached hydrogens (tertiary/aromatic N) is 2. The van der Waals surface area contributed by atoms with Gasteiger partial charge in [0.2, 0.25) is 0 Å². The lowest BCUT2D eigenvalue weighted by Gasteiger charge is -2.46. The lowest BCUT2D eigenvalue weighted by molar-refractivity contribution is 0.00578. The van der Waals surface area contributed by atoms with E-state index in [9.17, 15) is 0 Å². The Morgan fingerprint density at radius 2 is 1.30 bits per heavy atom. The zero-order chi connectivity index (χ0) is 47.3. The van der Waals surface area contributed by atoms with Gasteiger partial charge in [-0.25, -0.2) is 4.98 Å². The van der Waals surface area contributed by atoms with E-state index in [2.05, 4.69) is 234 Å². The highest BCUT2D eigenvalue weighted by Crippen LogP contribution is 2.72. The van der Waals surface area contributed by atoms with Crippen molar-refractivity contribution in [1.29, 1.82) is 0 Å². The van der Waals surface area contributed by atoms with Crippen LogP contribution in [-0.2, 0) is 14.7 Å². The van der Waals surface area contributed by atoms with Gasteiger partial charge in [0.1, 0.15) is 17.2 Å². The lowest BCUT2D eigenvalue weighted by Crippen LogP contribution is -2.42. The zero-order valence-corrected chi connectivity index (χ0v) is 40.5. The molecule has 1 saturated heterocycles. The van der Waals surface area contributed by atoms with Gasteiger partial charge in [0.05, 0.1) is 27.7 Å². The minimum Gasteiger partial charge on any atom is -0.456 e. The highest BCUT2D eigenvalue weighted by atomic mass is 16.7. The Morgan fingerprint density at radius 3 is 2.07 bits per heavy atom. The first-order valence-electron chi connectivity index (χ1n) is 24.9. The molecule has 1 spiro atoms. The van der Waals surface area contributed by atoms with Gasteiger partial charge in [0.25, 0.3) is 0 Å². The van der Waals surface area contributed by atoms with Crippen LogP contribution in [0, 0.1) is 5.41 Å². The molecule has 0 N–H and O–H groups in total. The molecule has 1 fully saturated rings. The van der Waals surface area contributed by atoms with Crippen LogP contribution in [0.15, 0.2) is 186 Å². The minimum absolute atomic E-state index is 0.0942. The molecule has 3 heterocycles. The van der Waals surface area contributed by atoms with Gasteiger partial charge in [-0.15, -0.1) is 0 Å². The standard InChI is InChI=1S/C64H53BN2O3/c1-39-46(31-33-58-59(39)50-22-12-17-27-57(50)68-58)42-34-41(35-43(36-42)60-66-55-25-15-16-26-56(55)67(60)45-18-8-7-9-19-45)40-28-32-51-49-30-29-44(65-69-61(2,3)62(4,5)70-65)37-54(49)64(63(51,6)38-40)52-23-13-10-20-47(52)48-21-11-14-24-53(48)64/h7-37,39,46H,38H2,1-6H3. The molecule has 2 aromatic heterocycles. The second kappa shape index (κ2) is 14.6. The summed E-state index contributed by atoms with van der Waals surface area (Å²) in [6.45, 7) is 13.5. The molecular formula is C64H53BN2O3. The maximum absolute atomic E-state index is 6.76. The van der Waals surface area contributed by atoms with E-state index in [4.69, 9.17) is 18.7 Å². The average molecular weight is 909 g/mol. The van der Waals surface area contributed by atoms with Crippen LogP contribution in [0.3, 0.4) is 0 Å². The van der Waals surface area contributed by atoms with E-state index in [1.807, 2.05) is 0 Å². The summed E-state index contributed by atoms with van der Waals surface area (Å²) in [4.78, 5) is 5.46. The monoisotopic (exact) mass is 908 g/mol. The van der Waals surface area contributed by atoms with Crippen LogP contribution in [0.1, 0.15) is 105 Å². The second-order valence-corrected chi connectivity index (χ2v) is 21.5. The zero-order valence-electron chi connectivity index (χ0n) is 40.5. The van der Waals surface area contributed by atoms with Crippen LogP contribution < -0.4 is 5.46 Å². The molecule has 0 bridgehead atoms. The molecule has 6 heteroatoms. The third-order valence-electron chi connectivity index (χ3n) is 17.3. The van der Waals surface area contributed by atoms with E-state index in [0.29, 0.717) is 0 Å². The van der Waals surface area contributed by atoms with Gasteiger partial charge in [0.15, 0.2) is 0 Å². The van der Waals surface area contributed by atoms with E-state index in [1.165, 1.54) is 66.6 Å². The molecule has 340 valence electrons. The van der Waals surface area contributed by atoms with Crippen LogP contribution in [0.4, 0.5) is 0 Å². The predicted molar refractivity (Wildman–Crippen MR) is 286 cm³/mol. The largest absolute Gasteiger partial charge is 0.494 e. The minimum atomic E-state index is -0.498. The highest BCUT2D eigenvalue weighted by Gasteiger charge is 2.64. The van der Waals surface area contributed by atoms with E-state index in [0.717, 1.165) is 51.3 Å². The van der Waals surface area contributed by atoms with Gasteiger partial charge >= 0.3 is 7.12 Å². The molecule has 9 aromatic rings. The third kappa shape index (κ3) is 5.60. The Kier molecular flexibility index (Phi) is 8.73. The summed E-state index contributed by atoms with van der Waals surface area (Å²) in [5.41, 5.74) is 18.7. The highest BCUT2D eigenvalue weighted by molar-refractivity contribution is 6.62. The van der Waals surface area contributed by atoms with Crippen molar-refractivity contribution in [2.45, 2.75) is 76.4 Å². The first-order chi connectivity index (χ1) is 33.9. The van der Waals surface area contributed by atoms with Gasteiger partial charge in [-0.3, -0.25) is 4.57 Å². The van der Waals surface area contributed by atoms with Gasteiger partial charge in [0, 0.05) is 33.5 Å². The quantitative estimate of drug-likeness (QED) is 0.161. The van der Waals surface area contributed by atoms with E-state index >= 15 is 0 Å². The summed E-state index contributed by atoms with van der Waals surface area (Å²) in [6.07, 6.45) is 10.2. The number of benzene rings is 7. The van der Waals surface area contributed by atoms with Crippen molar-refractivity contribution in [2.24, 2.45) is 5.41 Å². The van der Waals surface area contributed by atoms with Crippen LogP contribution >= 0.6 is 0 Å². The third-order valence-corrected chi connectivity index (χ3v) is 17.3. The van der Waals surface area contributed by atoms with Crippen molar-refractivity contribution >= 4 is 51.8 Å². The van der Waals surface area contributed by atoms with Crippen molar-refractivity contribution in [1.82, 2.24) is 9.55 Å². The number of allylic oxidation sites excluding steroid dienone is 5. The molecular weight excluding hydrogens is 856 g/mol. The fourth-order valence-electron chi connectivity index (χ4n) is 13.3. The summed E-state index contributed by atoms with van der Waals surface area (Å²) < 4.78 is 22.3. The number of hydrogen-bond donors (Lipinski definition) is 0. The number of imidazole rings is 1. The fraction of sp³-hybridized carbons (Fsp3) is 0.203. The molecule has 0 radical (unpaired) electrons. The predicted octanol–water partition coefficient (Wildman–Crippen LogP) is 14.9. The van der Waals surface area contributed by atoms with Crippen molar-refractivity contribution in [3.05, 3.63) is 227 Å². The Morgan fingerprint density at radius 1 is 0.629 bits per heavy atom. The van der Waals surface area contributed by atoms with Crippen LogP contribution in [0.2, 0.25) is 0 Å². The SMILES string of the molecule is CC1c2c(oc3ccccc23)C=CC1c1cc(C2=CC=C3c4ccc(B5OC(C)(C)C(C)(C)O5)cc4C4(c5ccccc5-c5ccccc54)C3(C)C2)cc(-c2nc3ccccc3n2-c2ccccc2)c1. The Bertz CT molecular complexity index is 3710. The molecule has 7 aromatic carbocycles. The number of aromatic nitrogens is 2. The molecule has 0 amide bonds. The normalized spacial score (nSPS) is 21.9. The summed E-state index contributed by atoms with van der Waals surface area (Å²) in [5, 5.41) is 1.19. The van der Waals surface area contributed by atoms with Crippen molar-refractivity contribution in [2.75, 3.05) is 0 Å². The number of furan rings is 1. The van der Waals surface area contributed by atoms with Crippen LogP contribution in [-0.4, -0.2) is 27.9 Å². The lowest BCUT2D eigenvalue weighted by atomic mass is 9.55. The molecule has 0 saturated carbocycles. The Hall–Kier alpha value is -7.25. The maximum atomic E-state index is 6.76. The summed E-state index contributed by atoms with van der Waals surface area (Å²) in [7, 11) is -0.481. The molecule has 1 aliphatic heterocycles. The first kappa shape index (κ1) is 41.7. The number of rotatable bonds is 5. The molecule has 5 nitrogen and oxygen atoms in total. The number of fused-ring (bicyclic) bond motifs is 14. The number of para-hydroxylation sites is 4. The van der Waals surface area contributed by atoms with Crippen LogP contribution in [0.25, 0.3) is 67.4 Å². The van der Waals surface area contributed by atoms with Crippen molar-refractivity contribution < 1.29 is 13.7 Å². The van der Waals surface area contributed by atoms with Crippen molar-refractivity contribution in [3.8, 4) is 28.2 Å². The summed E-state index contributed by atoms with van der Waals surface area (Å²) >= 11 is 0. The van der Waals surface area contributed by atoms with Crippen molar-refractivity contribution in [3.63, 3.8) is 0 Å². The van der Waals surface area contributed by atoms with Crippen LogP contribution in [0.5, 0.6) is 0 Å². The second-order valence-electron chi connectivity index (χ2n) is 21.5. The molecule has 4 aliphatic carbocycles. The summed E-state index contributed by atoms with van der Waals surface area (Å²) in [5.74, 6) is 2.14. The van der Waals surface area contributed by atoms with Gasteiger partial charge < -0.3 is 13.7 Å². The van der Waals surface area contributed by atoms with E-state index < -0.39 is 23.7 Å². The van der Waals surface area contributed by atoms with Gasteiger partial charge in [-0.2, -0.15) is 0 Å². The topological polar surface area (TPSA) is 49.4 Å². The molecule has 5 aliphatic rings. The van der Waals surface area contributed by atoms with E-state index in [1.54, 1.807) is 0 Å². The van der Waals surface area contributed by atoms with E-state index in [-0.39, 0.29) is 17.3 Å². The average Bonchev–Trinajstić information content (AvgIpc) is 4.14. The molecule has 14 rings (SSSR count). The molecule has 3 unspecified atom stereocenters. The molecule has 70 heavy (non-hydrogen) atoms.